The minimum absolute atomic E-state index is 0.225. The number of carboxylic acids is 1. The average Bonchev–Trinajstić information content (AvgIpc) is 2.78. The molecule has 1 aliphatic heterocycles. The summed E-state index contributed by atoms with van der Waals surface area (Å²) >= 11 is 0. The van der Waals surface area contributed by atoms with E-state index in [2.05, 4.69) is 28.4 Å². The number of piperidine rings is 1. The van der Waals surface area contributed by atoms with Crippen LogP contribution in [0.1, 0.15) is 50.5 Å². The largest absolute Gasteiger partial charge is 0.510 e. The molecule has 1 aromatic heterocycles. The number of aliphatic hydroxyl groups is 1. The zero-order chi connectivity index (χ0) is 22.7. The van der Waals surface area contributed by atoms with E-state index < -0.39 is 5.97 Å². The Morgan fingerprint density at radius 1 is 1.22 bits per heavy atom. The number of carboxylic acid groups (broad SMARTS) is 1. The zero-order valence-corrected chi connectivity index (χ0v) is 18.6. The van der Waals surface area contributed by atoms with Gasteiger partial charge in [0.2, 0.25) is 0 Å². The molecule has 0 amide bonds. The first-order chi connectivity index (χ1) is 15.3. The van der Waals surface area contributed by atoms with E-state index in [1.165, 1.54) is 0 Å². The van der Waals surface area contributed by atoms with Crippen LogP contribution >= 0.6 is 0 Å². The van der Waals surface area contributed by atoms with Crippen molar-refractivity contribution < 1.29 is 15.0 Å². The van der Waals surface area contributed by atoms with E-state index in [1.54, 1.807) is 12.2 Å². The van der Waals surface area contributed by atoms with Gasteiger partial charge in [-0.25, -0.2) is 4.98 Å². The van der Waals surface area contributed by atoms with Gasteiger partial charge in [0.1, 0.15) is 17.6 Å². The normalized spacial score (nSPS) is 23.1. The van der Waals surface area contributed by atoms with E-state index in [0.717, 1.165) is 68.6 Å². The molecule has 2 fully saturated rings. The molecule has 0 bridgehead atoms. The Balaban J connectivity index is 1.30. The summed E-state index contributed by atoms with van der Waals surface area (Å²) in [6, 6.07) is 3.69. The van der Waals surface area contributed by atoms with Gasteiger partial charge in [-0.3, -0.25) is 4.79 Å². The zero-order valence-electron chi connectivity index (χ0n) is 18.6. The molecular weight excluding hydrogens is 402 g/mol. The third kappa shape index (κ3) is 4.90. The Bertz CT molecular complexity index is 930. The second-order valence-electron chi connectivity index (χ2n) is 9.51. The molecule has 0 radical (unpaired) electrons. The molecular formula is C26H33N3O3. The van der Waals surface area contributed by atoms with E-state index >= 15 is 0 Å². The van der Waals surface area contributed by atoms with Gasteiger partial charge in [-0.15, -0.1) is 0 Å². The first-order valence-corrected chi connectivity index (χ1v) is 11.5. The third-order valence-corrected chi connectivity index (χ3v) is 7.44. The fourth-order valence-electron chi connectivity index (χ4n) is 5.28. The molecule has 3 N–H and O–H groups in total. The van der Waals surface area contributed by atoms with Crippen LogP contribution in [0.15, 0.2) is 61.0 Å². The number of allylic oxidation sites excluding steroid dienone is 2. The Morgan fingerprint density at radius 2 is 1.94 bits per heavy atom. The maximum Gasteiger partial charge on any atom is 0.303 e. The monoisotopic (exact) mass is 435 g/mol. The lowest BCUT2D eigenvalue weighted by Gasteiger charge is -2.46. The van der Waals surface area contributed by atoms with E-state index in [0.29, 0.717) is 23.5 Å². The number of pyridine rings is 1. The van der Waals surface area contributed by atoms with Crippen LogP contribution in [0.4, 0.5) is 5.82 Å². The SMILES string of the molecule is C=C(NC1C(=C)C=CC=C1O)c1ccc(N2CCC3(CCC(CC(=O)O)CC3)CC2)nc1. The number of hydrogen-bond donors (Lipinski definition) is 3. The van der Waals surface area contributed by atoms with E-state index in [1.807, 2.05) is 24.4 Å². The van der Waals surface area contributed by atoms with Gasteiger partial charge >= 0.3 is 5.97 Å². The van der Waals surface area contributed by atoms with Gasteiger partial charge < -0.3 is 20.4 Å². The first-order valence-electron chi connectivity index (χ1n) is 11.5. The Morgan fingerprint density at radius 3 is 2.53 bits per heavy atom. The summed E-state index contributed by atoms with van der Waals surface area (Å²) in [4.78, 5) is 18.0. The molecule has 32 heavy (non-hydrogen) atoms. The fourth-order valence-corrected chi connectivity index (χ4v) is 5.28. The minimum Gasteiger partial charge on any atom is -0.510 e. The van der Waals surface area contributed by atoms with Gasteiger partial charge in [0.15, 0.2) is 0 Å². The second kappa shape index (κ2) is 9.23. The smallest absolute Gasteiger partial charge is 0.303 e. The quantitative estimate of drug-likeness (QED) is 0.593. The lowest BCUT2D eigenvalue weighted by molar-refractivity contribution is -0.138. The summed E-state index contributed by atoms with van der Waals surface area (Å²) in [7, 11) is 0. The van der Waals surface area contributed by atoms with Crippen molar-refractivity contribution in [2.45, 2.75) is 51.0 Å². The topological polar surface area (TPSA) is 85.7 Å². The number of rotatable bonds is 6. The van der Waals surface area contributed by atoms with Crippen LogP contribution in [0.2, 0.25) is 0 Å². The molecule has 170 valence electrons. The highest BCUT2D eigenvalue weighted by molar-refractivity contribution is 5.67. The van der Waals surface area contributed by atoms with Crippen LogP contribution in [-0.2, 0) is 4.79 Å². The molecule has 2 aliphatic carbocycles. The number of anilines is 1. The Labute approximate surface area is 190 Å². The van der Waals surface area contributed by atoms with Crippen LogP contribution in [0.25, 0.3) is 5.70 Å². The van der Waals surface area contributed by atoms with Crippen molar-refractivity contribution in [2.75, 3.05) is 18.0 Å². The van der Waals surface area contributed by atoms with Crippen molar-refractivity contribution in [1.82, 2.24) is 10.3 Å². The lowest BCUT2D eigenvalue weighted by Crippen LogP contribution is -2.42. The summed E-state index contributed by atoms with van der Waals surface area (Å²) < 4.78 is 0. The second-order valence-corrected chi connectivity index (χ2v) is 9.51. The lowest BCUT2D eigenvalue weighted by atomic mass is 9.65. The summed E-state index contributed by atoms with van der Waals surface area (Å²) in [6.07, 6.45) is 14.1. The molecule has 1 spiro atoms. The number of nitrogens with one attached hydrogen (secondary N) is 1. The number of nitrogens with zero attached hydrogens (tertiary/aromatic N) is 2. The molecule has 1 saturated carbocycles. The van der Waals surface area contributed by atoms with Gasteiger partial charge in [-0.2, -0.15) is 0 Å². The Hall–Kier alpha value is -3.02. The van der Waals surface area contributed by atoms with Gasteiger partial charge in [0, 0.05) is 37.0 Å². The van der Waals surface area contributed by atoms with Crippen LogP contribution in [0.5, 0.6) is 0 Å². The number of aliphatic hydroxyl groups excluding tert-OH is 1. The molecule has 1 saturated heterocycles. The molecule has 1 unspecified atom stereocenters. The predicted molar refractivity (Wildman–Crippen MR) is 127 cm³/mol. The molecule has 4 rings (SSSR count). The molecule has 1 aromatic rings. The van der Waals surface area contributed by atoms with E-state index in [4.69, 9.17) is 5.11 Å². The number of aromatic nitrogens is 1. The van der Waals surface area contributed by atoms with Crippen LogP contribution in [0, 0.1) is 11.3 Å². The van der Waals surface area contributed by atoms with E-state index in [9.17, 15) is 9.90 Å². The molecule has 0 aromatic carbocycles. The molecule has 3 aliphatic rings. The standard InChI is InChI=1S/C26H33N3O3/c1-18-4-3-5-22(30)25(18)28-19(2)21-6-7-23(27-17-21)29-14-12-26(13-15-29)10-8-20(9-11-26)16-24(31)32/h3-7,17,20,25,28,30H,1-2,8-16H2,(H,31,32). The minimum atomic E-state index is -0.665. The van der Waals surface area contributed by atoms with Crippen LogP contribution in [0.3, 0.4) is 0 Å². The van der Waals surface area contributed by atoms with Crippen molar-refractivity contribution in [3.8, 4) is 0 Å². The maximum atomic E-state index is 11.0. The van der Waals surface area contributed by atoms with Gasteiger partial charge in [0.05, 0.1) is 0 Å². The molecule has 2 heterocycles. The maximum absolute atomic E-state index is 11.0. The third-order valence-electron chi connectivity index (χ3n) is 7.44. The molecule has 6 heteroatoms. The van der Waals surface area contributed by atoms with Gasteiger partial charge in [-0.1, -0.05) is 25.3 Å². The van der Waals surface area contributed by atoms with Crippen molar-refractivity contribution in [3.63, 3.8) is 0 Å². The molecule has 6 nitrogen and oxygen atoms in total. The van der Waals surface area contributed by atoms with Crippen LogP contribution < -0.4 is 10.2 Å². The molecule has 1 atom stereocenters. The highest BCUT2D eigenvalue weighted by Gasteiger charge is 2.38. The van der Waals surface area contributed by atoms with E-state index in [-0.39, 0.29) is 11.8 Å². The van der Waals surface area contributed by atoms with Crippen molar-refractivity contribution in [3.05, 3.63) is 66.6 Å². The summed E-state index contributed by atoms with van der Waals surface area (Å²) in [6.45, 7) is 10.1. The summed E-state index contributed by atoms with van der Waals surface area (Å²) in [5.74, 6) is 0.888. The predicted octanol–water partition coefficient (Wildman–Crippen LogP) is 4.83. The van der Waals surface area contributed by atoms with Crippen LogP contribution in [-0.4, -0.2) is 40.3 Å². The van der Waals surface area contributed by atoms with Crippen molar-refractivity contribution in [2.24, 2.45) is 11.3 Å². The Kier molecular flexibility index (Phi) is 6.40. The fraction of sp³-hybridized carbons (Fsp3) is 0.462. The number of carbonyl (C=O) groups is 1. The highest BCUT2D eigenvalue weighted by Crippen LogP contribution is 2.47. The van der Waals surface area contributed by atoms with Gasteiger partial charge in [-0.05, 0) is 73.6 Å². The highest BCUT2D eigenvalue weighted by atomic mass is 16.4. The average molecular weight is 436 g/mol. The summed E-state index contributed by atoms with van der Waals surface area (Å²) in [5.41, 5.74) is 2.75. The number of aliphatic carboxylic acids is 1. The van der Waals surface area contributed by atoms with Crippen molar-refractivity contribution in [1.29, 1.82) is 0 Å². The van der Waals surface area contributed by atoms with Gasteiger partial charge in [0.25, 0.3) is 0 Å². The summed E-state index contributed by atoms with van der Waals surface area (Å²) in [5, 5.41) is 22.4. The number of hydrogen-bond acceptors (Lipinski definition) is 5. The first kappa shape index (κ1) is 22.2. The van der Waals surface area contributed by atoms with Crippen molar-refractivity contribution >= 4 is 17.5 Å².